The average molecular weight is 377 g/mol. The maximum Gasteiger partial charge on any atom is 0.330 e. The molecular formula is C20H19N5O3. The third kappa shape index (κ3) is 5.71. The molecule has 0 fully saturated rings. The Labute approximate surface area is 162 Å². The molecule has 0 aliphatic rings. The van der Waals surface area contributed by atoms with E-state index in [0.717, 1.165) is 0 Å². The molecule has 0 radical (unpaired) electrons. The van der Waals surface area contributed by atoms with Gasteiger partial charge in [0.1, 0.15) is 0 Å². The summed E-state index contributed by atoms with van der Waals surface area (Å²) in [5.74, 6) is -1.11. The molecule has 0 bridgehead atoms. The first kappa shape index (κ1) is 20.2. The van der Waals surface area contributed by atoms with Crippen LogP contribution < -0.4 is 16.4 Å². The Morgan fingerprint density at radius 1 is 1.21 bits per heavy atom. The summed E-state index contributed by atoms with van der Waals surface area (Å²) < 4.78 is 4.80. The van der Waals surface area contributed by atoms with Gasteiger partial charge in [-0.3, -0.25) is 10.2 Å². The molecular weight excluding hydrogens is 358 g/mol. The normalized spacial score (nSPS) is 10.1. The van der Waals surface area contributed by atoms with Crippen LogP contribution in [0, 0.1) is 16.7 Å². The standard InChI is InChI=1S/C20H19N5O3/c1-2-28-18(26)9-7-13-6-8-17(11-15(13)12-21)24-19(27)14-4-3-5-16(10-14)25-20(22)23/h3-11H,2H2,1H3,(H,24,27)(H4,22,23,25). The number of amides is 1. The molecule has 142 valence electrons. The molecule has 5 N–H and O–H groups in total. The van der Waals surface area contributed by atoms with Gasteiger partial charge in [0, 0.05) is 23.0 Å². The molecule has 0 saturated carbocycles. The zero-order valence-electron chi connectivity index (χ0n) is 15.2. The minimum atomic E-state index is -0.497. The first-order valence-corrected chi connectivity index (χ1v) is 8.34. The van der Waals surface area contributed by atoms with Crippen molar-refractivity contribution < 1.29 is 14.3 Å². The highest BCUT2D eigenvalue weighted by atomic mass is 16.5. The maximum absolute atomic E-state index is 12.4. The molecule has 0 heterocycles. The number of rotatable bonds is 6. The topological polar surface area (TPSA) is 141 Å². The van der Waals surface area contributed by atoms with E-state index in [2.05, 4.69) is 10.6 Å². The van der Waals surface area contributed by atoms with Gasteiger partial charge in [0.2, 0.25) is 0 Å². The van der Waals surface area contributed by atoms with E-state index in [9.17, 15) is 14.9 Å². The van der Waals surface area contributed by atoms with Crippen LogP contribution in [0.3, 0.4) is 0 Å². The quantitative estimate of drug-likeness (QED) is 0.264. The number of guanidine groups is 1. The molecule has 2 aromatic rings. The second-order valence-corrected chi connectivity index (χ2v) is 5.57. The van der Waals surface area contributed by atoms with Crippen LogP contribution in [0.5, 0.6) is 0 Å². The number of esters is 1. The minimum Gasteiger partial charge on any atom is -0.463 e. The van der Waals surface area contributed by atoms with Gasteiger partial charge in [-0.1, -0.05) is 12.1 Å². The molecule has 1 amide bonds. The molecule has 8 nitrogen and oxygen atoms in total. The van der Waals surface area contributed by atoms with Crippen LogP contribution in [0.4, 0.5) is 11.4 Å². The summed E-state index contributed by atoms with van der Waals surface area (Å²) in [6.45, 7) is 1.97. The van der Waals surface area contributed by atoms with E-state index in [1.165, 1.54) is 18.2 Å². The van der Waals surface area contributed by atoms with Crippen molar-refractivity contribution in [3.05, 3.63) is 65.2 Å². The first-order valence-electron chi connectivity index (χ1n) is 8.34. The van der Waals surface area contributed by atoms with Crippen LogP contribution in [0.1, 0.15) is 28.4 Å². The smallest absolute Gasteiger partial charge is 0.330 e. The van der Waals surface area contributed by atoms with E-state index in [1.54, 1.807) is 43.3 Å². The SMILES string of the molecule is CCOC(=O)C=Cc1ccc(NC(=O)c2cccc(NC(=N)N)c2)cc1C#N. The highest BCUT2D eigenvalue weighted by Crippen LogP contribution is 2.18. The molecule has 0 aromatic heterocycles. The number of nitrogens with one attached hydrogen (secondary N) is 3. The summed E-state index contributed by atoms with van der Waals surface area (Å²) in [5, 5.41) is 21.9. The largest absolute Gasteiger partial charge is 0.463 e. The Bertz CT molecular complexity index is 976. The van der Waals surface area contributed by atoms with Gasteiger partial charge in [-0.2, -0.15) is 5.26 Å². The molecule has 0 aliphatic carbocycles. The summed E-state index contributed by atoms with van der Waals surface area (Å²) in [6.07, 6.45) is 2.73. The third-order valence-corrected chi connectivity index (χ3v) is 3.52. The predicted octanol–water partition coefficient (Wildman–Crippen LogP) is 2.69. The summed E-state index contributed by atoms with van der Waals surface area (Å²) >= 11 is 0. The fourth-order valence-corrected chi connectivity index (χ4v) is 2.32. The second kappa shape index (κ2) is 9.54. The van der Waals surface area contributed by atoms with Crippen LogP contribution in [0.2, 0.25) is 0 Å². The summed E-state index contributed by atoms with van der Waals surface area (Å²) in [7, 11) is 0. The summed E-state index contributed by atoms with van der Waals surface area (Å²) in [6, 6.07) is 13.3. The van der Waals surface area contributed by atoms with Crippen LogP contribution in [-0.4, -0.2) is 24.4 Å². The van der Waals surface area contributed by atoms with E-state index in [4.69, 9.17) is 15.9 Å². The lowest BCUT2D eigenvalue weighted by atomic mass is 10.1. The number of ether oxygens (including phenoxy) is 1. The molecule has 0 aliphatic heterocycles. The van der Waals surface area contributed by atoms with Crippen LogP contribution in [0.25, 0.3) is 6.08 Å². The van der Waals surface area contributed by atoms with E-state index < -0.39 is 5.97 Å². The number of benzene rings is 2. The third-order valence-electron chi connectivity index (χ3n) is 3.52. The van der Waals surface area contributed by atoms with Gasteiger partial charge in [-0.25, -0.2) is 4.79 Å². The van der Waals surface area contributed by atoms with E-state index >= 15 is 0 Å². The van der Waals surface area contributed by atoms with Crippen LogP contribution in [0.15, 0.2) is 48.5 Å². The van der Waals surface area contributed by atoms with Gasteiger partial charge in [0.25, 0.3) is 5.91 Å². The zero-order valence-corrected chi connectivity index (χ0v) is 15.2. The Kier molecular flexibility index (Phi) is 6.88. The van der Waals surface area contributed by atoms with Crippen molar-refractivity contribution in [3.63, 3.8) is 0 Å². The predicted molar refractivity (Wildman–Crippen MR) is 107 cm³/mol. The molecule has 0 unspecified atom stereocenters. The van der Waals surface area contributed by atoms with Gasteiger partial charge in [0.15, 0.2) is 5.96 Å². The van der Waals surface area contributed by atoms with Crippen LogP contribution in [-0.2, 0) is 9.53 Å². The molecule has 2 aromatic carbocycles. The fraction of sp³-hybridized carbons (Fsp3) is 0.100. The highest BCUT2D eigenvalue weighted by Gasteiger charge is 2.09. The average Bonchev–Trinajstić information content (AvgIpc) is 2.66. The lowest BCUT2D eigenvalue weighted by molar-refractivity contribution is -0.137. The van der Waals surface area contributed by atoms with Crippen molar-refractivity contribution in [3.8, 4) is 6.07 Å². The second-order valence-electron chi connectivity index (χ2n) is 5.57. The van der Waals surface area contributed by atoms with E-state index in [0.29, 0.717) is 28.1 Å². The van der Waals surface area contributed by atoms with Gasteiger partial charge in [0.05, 0.1) is 18.2 Å². The number of hydrogen-bond donors (Lipinski definition) is 4. The van der Waals surface area contributed by atoms with Gasteiger partial charge in [-0.15, -0.1) is 0 Å². The van der Waals surface area contributed by atoms with Gasteiger partial charge < -0.3 is 21.1 Å². The highest BCUT2D eigenvalue weighted by molar-refractivity contribution is 6.05. The first-order chi connectivity index (χ1) is 13.4. The van der Waals surface area contributed by atoms with E-state index in [-0.39, 0.29) is 18.5 Å². The zero-order chi connectivity index (χ0) is 20.5. The molecule has 0 saturated heterocycles. The van der Waals surface area contributed by atoms with Crippen molar-refractivity contribution >= 4 is 35.3 Å². The fourth-order valence-electron chi connectivity index (χ4n) is 2.32. The number of carbonyl (C=O) groups excluding carboxylic acids is 2. The van der Waals surface area contributed by atoms with Gasteiger partial charge >= 0.3 is 5.97 Å². The number of hydrogen-bond acceptors (Lipinski definition) is 5. The maximum atomic E-state index is 12.4. The Morgan fingerprint density at radius 2 is 1.96 bits per heavy atom. The van der Waals surface area contributed by atoms with Gasteiger partial charge in [-0.05, 0) is 48.9 Å². The molecule has 0 spiro atoms. The monoisotopic (exact) mass is 377 g/mol. The number of nitrogens with two attached hydrogens (primary N) is 1. The Hall–Kier alpha value is -4.12. The summed E-state index contributed by atoms with van der Waals surface area (Å²) in [5.41, 5.74) is 7.41. The molecule has 0 atom stereocenters. The van der Waals surface area contributed by atoms with Crippen molar-refractivity contribution in [2.24, 2.45) is 5.73 Å². The number of nitrogens with zero attached hydrogens (tertiary/aromatic N) is 1. The molecule has 8 heteroatoms. The van der Waals surface area contributed by atoms with E-state index in [1.807, 2.05) is 6.07 Å². The Balaban J connectivity index is 2.16. The minimum absolute atomic E-state index is 0.234. The van der Waals surface area contributed by atoms with Crippen molar-refractivity contribution in [2.45, 2.75) is 6.92 Å². The summed E-state index contributed by atoms with van der Waals surface area (Å²) in [4.78, 5) is 23.8. The van der Waals surface area contributed by atoms with Crippen LogP contribution >= 0.6 is 0 Å². The van der Waals surface area contributed by atoms with Crippen molar-refractivity contribution in [1.29, 1.82) is 10.7 Å². The lowest BCUT2D eigenvalue weighted by Gasteiger charge is -2.09. The number of nitriles is 1. The van der Waals surface area contributed by atoms with Crippen molar-refractivity contribution in [2.75, 3.05) is 17.2 Å². The Morgan fingerprint density at radius 3 is 2.64 bits per heavy atom. The number of anilines is 2. The number of carbonyl (C=O) groups is 2. The molecule has 28 heavy (non-hydrogen) atoms. The van der Waals surface area contributed by atoms with Crippen molar-refractivity contribution in [1.82, 2.24) is 0 Å². The lowest BCUT2D eigenvalue weighted by Crippen LogP contribution is -2.20. The molecule has 2 rings (SSSR count).